The summed E-state index contributed by atoms with van der Waals surface area (Å²) in [6.45, 7) is 1.76. The first-order valence-electron chi connectivity index (χ1n) is 7.41. The monoisotopic (exact) mass is 269 g/mol. The molecule has 2 rings (SSSR count). The number of rotatable bonds is 6. The predicted molar refractivity (Wildman–Crippen MR) is 75.1 cm³/mol. The summed E-state index contributed by atoms with van der Waals surface area (Å²) in [5.74, 6) is 0.115. The molecule has 19 heavy (non-hydrogen) atoms. The molecule has 1 amide bonds. The first-order valence-corrected chi connectivity index (χ1v) is 7.41. The average molecular weight is 269 g/mol. The maximum atomic E-state index is 11.8. The molecule has 5 nitrogen and oxygen atoms in total. The lowest BCUT2D eigenvalue weighted by Gasteiger charge is -2.47. The van der Waals surface area contributed by atoms with Crippen molar-refractivity contribution in [3.63, 3.8) is 0 Å². The van der Waals surface area contributed by atoms with Crippen LogP contribution in [0.1, 0.15) is 32.1 Å². The minimum Gasteiger partial charge on any atom is -0.383 e. The first kappa shape index (κ1) is 14.8. The molecule has 0 radical (unpaired) electrons. The molecule has 0 spiro atoms. The number of nitrogens with one attached hydrogen (secondary N) is 2. The second-order valence-corrected chi connectivity index (χ2v) is 5.81. The summed E-state index contributed by atoms with van der Waals surface area (Å²) in [6.07, 6.45) is 6.13. The SMILES string of the molecule is COCCNCC(=O)NC1CC2CCCC(C1)N2C. The molecule has 5 heteroatoms. The van der Waals surface area contributed by atoms with Crippen LogP contribution in [-0.4, -0.2) is 62.8 Å². The van der Waals surface area contributed by atoms with E-state index in [1.807, 2.05) is 0 Å². The van der Waals surface area contributed by atoms with Crippen molar-refractivity contribution in [2.75, 3.05) is 33.9 Å². The van der Waals surface area contributed by atoms with Gasteiger partial charge in [-0.1, -0.05) is 6.42 Å². The second kappa shape index (κ2) is 7.22. The van der Waals surface area contributed by atoms with Gasteiger partial charge in [0.25, 0.3) is 0 Å². The van der Waals surface area contributed by atoms with Crippen LogP contribution in [0.25, 0.3) is 0 Å². The van der Waals surface area contributed by atoms with Gasteiger partial charge >= 0.3 is 0 Å². The van der Waals surface area contributed by atoms with Crippen LogP contribution >= 0.6 is 0 Å². The lowest BCUT2D eigenvalue weighted by Crippen LogP contribution is -2.56. The summed E-state index contributed by atoms with van der Waals surface area (Å²) in [5, 5.41) is 6.26. The van der Waals surface area contributed by atoms with E-state index in [0.717, 1.165) is 19.4 Å². The van der Waals surface area contributed by atoms with E-state index in [4.69, 9.17) is 4.74 Å². The molecular weight excluding hydrogens is 242 g/mol. The molecule has 2 heterocycles. The number of piperidine rings is 2. The quantitative estimate of drug-likeness (QED) is 0.683. The molecule has 0 aromatic heterocycles. The standard InChI is InChI=1S/C14H27N3O2/c1-17-12-4-3-5-13(17)9-11(8-12)16-14(18)10-15-6-7-19-2/h11-13,15H,3-10H2,1-2H3,(H,16,18). The first-order chi connectivity index (χ1) is 9.20. The molecular formula is C14H27N3O2. The van der Waals surface area contributed by atoms with Gasteiger partial charge in [-0.3, -0.25) is 4.79 Å². The van der Waals surface area contributed by atoms with Crippen LogP contribution in [0.2, 0.25) is 0 Å². The third-order valence-electron chi connectivity index (χ3n) is 4.47. The van der Waals surface area contributed by atoms with E-state index in [9.17, 15) is 4.79 Å². The third-order valence-corrected chi connectivity index (χ3v) is 4.47. The molecule has 2 unspecified atom stereocenters. The van der Waals surface area contributed by atoms with Crippen LogP contribution in [-0.2, 0) is 9.53 Å². The van der Waals surface area contributed by atoms with Crippen LogP contribution in [0, 0.1) is 0 Å². The van der Waals surface area contributed by atoms with Gasteiger partial charge in [-0.15, -0.1) is 0 Å². The van der Waals surface area contributed by atoms with Gasteiger partial charge in [0.1, 0.15) is 0 Å². The largest absolute Gasteiger partial charge is 0.383 e. The van der Waals surface area contributed by atoms with Gasteiger partial charge in [0.05, 0.1) is 13.2 Å². The fourth-order valence-electron chi connectivity index (χ4n) is 3.39. The molecule has 2 atom stereocenters. The maximum Gasteiger partial charge on any atom is 0.234 e. The van der Waals surface area contributed by atoms with Crippen LogP contribution < -0.4 is 10.6 Å². The Balaban J connectivity index is 1.70. The molecule has 2 aliphatic heterocycles. The fourth-order valence-corrected chi connectivity index (χ4v) is 3.39. The van der Waals surface area contributed by atoms with Gasteiger partial charge in [-0.2, -0.15) is 0 Å². The van der Waals surface area contributed by atoms with Crippen molar-refractivity contribution in [2.45, 2.75) is 50.2 Å². The third kappa shape index (κ3) is 4.16. The average Bonchev–Trinajstić information content (AvgIpc) is 2.36. The molecule has 2 fully saturated rings. The Bertz CT molecular complexity index is 284. The molecule has 2 saturated heterocycles. The summed E-state index contributed by atoms with van der Waals surface area (Å²) >= 11 is 0. The van der Waals surface area contributed by atoms with E-state index in [2.05, 4.69) is 22.6 Å². The molecule has 2 N–H and O–H groups in total. The van der Waals surface area contributed by atoms with Crippen molar-refractivity contribution in [2.24, 2.45) is 0 Å². The van der Waals surface area contributed by atoms with Crippen molar-refractivity contribution < 1.29 is 9.53 Å². The van der Waals surface area contributed by atoms with Gasteiger partial charge in [-0.25, -0.2) is 0 Å². The summed E-state index contributed by atoms with van der Waals surface area (Å²) in [4.78, 5) is 14.4. The van der Waals surface area contributed by atoms with Gasteiger partial charge in [0, 0.05) is 31.8 Å². The molecule has 0 aromatic carbocycles. The molecule has 2 bridgehead atoms. The molecule has 0 aromatic rings. The van der Waals surface area contributed by atoms with Crippen LogP contribution in [0.3, 0.4) is 0 Å². The Morgan fingerprint density at radius 2 is 2.00 bits per heavy atom. The van der Waals surface area contributed by atoms with Crippen molar-refractivity contribution in [3.8, 4) is 0 Å². The van der Waals surface area contributed by atoms with Gasteiger partial charge in [0.2, 0.25) is 5.91 Å². The van der Waals surface area contributed by atoms with Gasteiger partial charge < -0.3 is 20.3 Å². The number of ether oxygens (including phenoxy) is 1. The maximum absolute atomic E-state index is 11.8. The van der Waals surface area contributed by atoms with E-state index in [-0.39, 0.29) is 5.91 Å². The van der Waals surface area contributed by atoms with E-state index >= 15 is 0 Å². The number of hydrogen-bond acceptors (Lipinski definition) is 4. The van der Waals surface area contributed by atoms with Crippen LogP contribution in [0.4, 0.5) is 0 Å². The van der Waals surface area contributed by atoms with Crippen molar-refractivity contribution >= 4 is 5.91 Å². The number of hydrogen-bond donors (Lipinski definition) is 2. The number of carbonyl (C=O) groups is 1. The fraction of sp³-hybridized carbons (Fsp3) is 0.929. The number of nitrogens with zero attached hydrogens (tertiary/aromatic N) is 1. The summed E-state index contributed by atoms with van der Waals surface area (Å²) in [7, 11) is 3.90. The zero-order valence-corrected chi connectivity index (χ0v) is 12.2. The highest BCUT2D eigenvalue weighted by Gasteiger charge is 2.36. The lowest BCUT2D eigenvalue weighted by molar-refractivity contribution is -0.121. The zero-order valence-electron chi connectivity index (χ0n) is 12.2. The Kier molecular flexibility index (Phi) is 5.60. The summed E-state index contributed by atoms with van der Waals surface area (Å²) in [5.41, 5.74) is 0. The Morgan fingerprint density at radius 1 is 1.32 bits per heavy atom. The topological polar surface area (TPSA) is 53.6 Å². The number of methoxy groups -OCH3 is 1. The van der Waals surface area contributed by atoms with E-state index in [0.29, 0.717) is 31.3 Å². The minimum atomic E-state index is 0.115. The van der Waals surface area contributed by atoms with Gasteiger partial charge in [-0.05, 0) is 32.7 Å². The Labute approximate surface area is 116 Å². The van der Waals surface area contributed by atoms with Crippen molar-refractivity contribution in [1.29, 1.82) is 0 Å². The normalized spacial score (nSPS) is 31.2. The highest BCUT2D eigenvalue weighted by molar-refractivity contribution is 5.78. The number of amides is 1. The molecule has 110 valence electrons. The molecule has 0 saturated carbocycles. The molecule has 2 aliphatic rings. The van der Waals surface area contributed by atoms with E-state index < -0.39 is 0 Å². The van der Waals surface area contributed by atoms with Crippen LogP contribution in [0.5, 0.6) is 0 Å². The summed E-state index contributed by atoms with van der Waals surface area (Å²) < 4.78 is 4.94. The highest BCUT2D eigenvalue weighted by Crippen LogP contribution is 2.32. The Hall–Kier alpha value is -0.650. The molecule has 0 aliphatic carbocycles. The zero-order chi connectivity index (χ0) is 13.7. The van der Waals surface area contributed by atoms with Crippen LogP contribution in [0.15, 0.2) is 0 Å². The Morgan fingerprint density at radius 3 is 2.63 bits per heavy atom. The summed E-state index contributed by atoms with van der Waals surface area (Å²) in [6, 6.07) is 1.70. The highest BCUT2D eigenvalue weighted by atomic mass is 16.5. The lowest BCUT2D eigenvalue weighted by atomic mass is 9.82. The smallest absolute Gasteiger partial charge is 0.234 e. The number of fused-ring (bicyclic) bond motifs is 2. The predicted octanol–water partition coefficient (Wildman–Crippen LogP) is 0.354. The van der Waals surface area contributed by atoms with Crippen molar-refractivity contribution in [1.82, 2.24) is 15.5 Å². The van der Waals surface area contributed by atoms with Crippen molar-refractivity contribution in [3.05, 3.63) is 0 Å². The second-order valence-electron chi connectivity index (χ2n) is 5.81. The van der Waals surface area contributed by atoms with E-state index in [1.165, 1.54) is 19.3 Å². The number of carbonyl (C=O) groups excluding carboxylic acids is 1. The van der Waals surface area contributed by atoms with E-state index in [1.54, 1.807) is 7.11 Å². The minimum absolute atomic E-state index is 0.115. The van der Waals surface area contributed by atoms with Gasteiger partial charge in [0.15, 0.2) is 0 Å².